The van der Waals surface area contributed by atoms with Gasteiger partial charge in [-0.2, -0.15) is 0 Å². The Balaban J connectivity index is 2.32. The molecule has 0 aromatic carbocycles. The molecule has 17 heavy (non-hydrogen) atoms. The van der Waals surface area contributed by atoms with E-state index in [1.165, 1.54) is 6.08 Å². The van der Waals surface area contributed by atoms with Gasteiger partial charge in [0.2, 0.25) is 10.0 Å². The van der Waals surface area contributed by atoms with Gasteiger partial charge in [0.15, 0.2) is 0 Å². The van der Waals surface area contributed by atoms with Crippen LogP contribution < -0.4 is 4.72 Å². The molecule has 0 radical (unpaired) electrons. The highest BCUT2D eigenvalue weighted by Crippen LogP contribution is 2.28. The van der Waals surface area contributed by atoms with Gasteiger partial charge in [-0.3, -0.25) is 4.79 Å². The third-order valence-corrected chi connectivity index (χ3v) is 4.41. The second kappa shape index (κ2) is 6.16. The first-order valence-electron chi connectivity index (χ1n) is 5.75. The number of aliphatic carboxylic acids is 1. The Bertz CT molecular complexity index is 369. The number of hydrogen-bond donors (Lipinski definition) is 2. The molecule has 98 valence electrons. The van der Waals surface area contributed by atoms with Crippen molar-refractivity contribution in [2.75, 3.05) is 12.3 Å². The minimum atomic E-state index is -3.25. The van der Waals surface area contributed by atoms with E-state index in [9.17, 15) is 13.2 Å². The van der Waals surface area contributed by atoms with E-state index in [1.807, 2.05) is 0 Å². The molecule has 0 saturated heterocycles. The van der Waals surface area contributed by atoms with Crippen molar-refractivity contribution in [3.05, 3.63) is 12.7 Å². The first-order chi connectivity index (χ1) is 7.94. The van der Waals surface area contributed by atoms with Gasteiger partial charge in [0, 0.05) is 6.54 Å². The highest BCUT2D eigenvalue weighted by molar-refractivity contribution is 7.89. The fraction of sp³-hybridized carbons (Fsp3) is 0.727. The zero-order valence-electron chi connectivity index (χ0n) is 9.76. The summed E-state index contributed by atoms with van der Waals surface area (Å²) >= 11 is 0. The molecule has 1 aliphatic carbocycles. The molecule has 0 unspecified atom stereocenters. The summed E-state index contributed by atoms with van der Waals surface area (Å²) in [7, 11) is -3.25. The van der Waals surface area contributed by atoms with Crippen molar-refractivity contribution in [1.82, 2.24) is 4.72 Å². The van der Waals surface area contributed by atoms with Crippen LogP contribution in [0.15, 0.2) is 12.7 Å². The summed E-state index contributed by atoms with van der Waals surface area (Å²) in [5, 5.41) is 8.83. The number of rotatable bonds is 6. The van der Waals surface area contributed by atoms with Crippen molar-refractivity contribution in [1.29, 1.82) is 0 Å². The Labute approximate surface area is 102 Å². The van der Waals surface area contributed by atoms with Gasteiger partial charge in [0.1, 0.15) is 0 Å². The van der Waals surface area contributed by atoms with E-state index >= 15 is 0 Å². The summed E-state index contributed by atoms with van der Waals surface area (Å²) < 4.78 is 25.3. The maximum atomic E-state index is 11.4. The fourth-order valence-electron chi connectivity index (χ4n) is 2.07. The first kappa shape index (κ1) is 14.2. The van der Waals surface area contributed by atoms with Crippen molar-refractivity contribution >= 4 is 16.0 Å². The Morgan fingerprint density at radius 2 is 1.94 bits per heavy atom. The number of sulfonamides is 1. The Kier molecular flexibility index (Phi) is 5.14. The smallest absolute Gasteiger partial charge is 0.306 e. The lowest BCUT2D eigenvalue weighted by Gasteiger charge is -2.25. The fourth-order valence-corrected chi connectivity index (χ4v) is 2.99. The molecule has 1 fully saturated rings. The number of nitrogens with one attached hydrogen (secondary N) is 1. The van der Waals surface area contributed by atoms with Crippen molar-refractivity contribution in [2.24, 2.45) is 11.8 Å². The topological polar surface area (TPSA) is 83.5 Å². The second-order valence-electron chi connectivity index (χ2n) is 4.47. The van der Waals surface area contributed by atoms with Gasteiger partial charge < -0.3 is 5.11 Å². The number of carbonyl (C=O) groups is 1. The molecule has 6 heteroatoms. The van der Waals surface area contributed by atoms with E-state index in [4.69, 9.17) is 5.11 Å². The van der Waals surface area contributed by atoms with Crippen molar-refractivity contribution in [2.45, 2.75) is 25.7 Å². The molecule has 0 aromatic heterocycles. The summed E-state index contributed by atoms with van der Waals surface area (Å²) in [6, 6.07) is 0. The van der Waals surface area contributed by atoms with Crippen LogP contribution in [0.5, 0.6) is 0 Å². The molecule has 0 spiro atoms. The number of carboxylic acids is 1. The molecule has 0 bridgehead atoms. The molecule has 0 aromatic rings. The molecule has 1 saturated carbocycles. The van der Waals surface area contributed by atoms with Gasteiger partial charge in [0.25, 0.3) is 0 Å². The van der Waals surface area contributed by atoms with E-state index in [-0.39, 0.29) is 17.6 Å². The Morgan fingerprint density at radius 1 is 1.35 bits per heavy atom. The monoisotopic (exact) mass is 261 g/mol. The van der Waals surface area contributed by atoms with Gasteiger partial charge >= 0.3 is 5.97 Å². The van der Waals surface area contributed by atoms with E-state index in [2.05, 4.69) is 11.3 Å². The lowest BCUT2D eigenvalue weighted by molar-refractivity contribution is -0.143. The Morgan fingerprint density at radius 3 is 2.41 bits per heavy atom. The summed E-state index contributed by atoms with van der Waals surface area (Å²) in [5.41, 5.74) is 0. The van der Waals surface area contributed by atoms with Crippen molar-refractivity contribution in [3.63, 3.8) is 0 Å². The molecule has 0 heterocycles. The molecule has 0 atom stereocenters. The average Bonchev–Trinajstić information content (AvgIpc) is 2.27. The van der Waals surface area contributed by atoms with Crippen molar-refractivity contribution in [3.8, 4) is 0 Å². The summed E-state index contributed by atoms with van der Waals surface area (Å²) in [5.74, 6) is -0.811. The van der Waals surface area contributed by atoms with Gasteiger partial charge in [-0.25, -0.2) is 13.1 Å². The van der Waals surface area contributed by atoms with Crippen LogP contribution in [0.1, 0.15) is 25.7 Å². The highest BCUT2D eigenvalue weighted by Gasteiger charge is 2.26. The standard InChI is InChI=1S/C11H19NO4S/c1-2-7-17(15,16)12-8-9-3-5-10(6-4-9)11(13)14/h2,9-10,12H,1,3-8H2,(H,13,14). The lowest BCUT2D eigenvalue weighted by atomic mass is 9.82. The average molecular weight is 261 g/mol. The van der Waals surface area contributed by atoms with E-state index in [0.29, 0.717) is 19.4 Å². The maximum Gasteiger partial charge on any atom is 0.306 e. The summed E-state index contributed by atoms with van der Waals surface area (Å²) in [4.78, 5) is 10.7. The minimum absolute atomic E-state index is 0.0720. The van der Waals surface area contributed by atoms with Crippen LogP contribution in [-0.4, -0.2) is 31.8 Å². The van der Waals surface area contributed by atoms with Crippen molar-refractivity contribution < 1.29 is 18.3 Å². The SMILES string of the molecule is C=CCS(=O)(=O)NCC1CCC(C(=O)O)CC1. The van der Waals surface area contributed by atoms with Crippen LogP contribution >= 0.6 is 0 Å². The largest absolute Gasteiger partial charge is 0.481 e. The van der Waals surface area contributed by atoms with Gasteiger partial charge in [-0.15, -0.1) is 6.58 Å². The Hall–Kier alpha value is -0.880. The van der Waals surface area contributed by atoms with Crippen LogP contribution in [-0.2, 0) is 14.8 Å². The quantitative estimate of drug-likeness (QED) is 0.698. The van der Waals surface area contributed by atoms with E-state index < -0.39 is 16.0 Å². The van der Waals surface area contributed by atoms with Gasteiger partial charge in [-0.1, -0.05) is 6.08 Å². The van der Waals surface area contributed by atoms with Crippen LogP contribution in [0.2, 0.25) is 0 Å². The van der Waals surface area contributed by atoms with Gasteiger partial charge in [0.05, 0.1) is 11.7 Å². The lowest BCUT2D eigenvalue weighted by Crippen LogP contribution is -2.33. The summed E-state index contributed by atoms with van der Waals surface area (Å²) in [6.07, 6.45) is 4.18. The van der Waals surface area contributed by atoms with Crippen LogP contribution in [0, 0.1) is 11.8 Å². The first-order valence-corrected chi connectivity index (χ1v) is 7.41. The van der Waals surface area contributed by atoms with E-state index in [1.54, 1.807) is 0 Å². The maximum absolute atomic E-state index is 11.4. The molecule has 2 N–H and O–H groups in total. The highest BCUT2D eigenvalue weighted by atomic mass is 32.2. The second-order valence-corrected chi connectivity index (χ2v) is 6.33. The zero-order chi connectivity index (χ0) is 12.9. The molecule has 0 amide bonds. The number of carboxylic acid groups (broad SMARTS) is 1. The molecule has 0 aliphatic heterocycles. The zero-order valence-corrected chi connectivity index (χ0v) is 10.6. The minimum Gasteiger partial charge on any atom is -0.481 e. The third kappa shape index (κ3) is 4.87. The predicted octanol–water partition coefficient (Wildman–Crippen LogP) is 0.983. The van der Waals surface area contributed by atoms with Crippen LogP contribution in [0.3, 0.4) is 0 Å². The molecule has 1 aliphatic rings. The molecule has 5 nitrogen and oxygen atoms in total. The third-order valence-electron chi connectivity index (χ3n) is 3.13. The van der Waals surface area contributed by atoms with Crippen LogP contribution in [0.4, 0.5) is 0 Å². The summed E-state index contributed by atoms with van der Waals surface area (Å²) in [6.45, 7) is 3.79. The normalized spacial score (nSPS) is 25.4. The predicted molar refractivity (Wildman–Crippen MR) is 65.1 cm³/mol. The van der Waals surface area contributed by atoms with E-state index in [0.717, 1.165) is 12.8 Å². The molecular weight excluding hydrogens is 242 g/mol. The number of hydrogen-bond acceptors (Lipinski definition) is 3. The molecule has 1 rings (SSSR count). The van der Waals surface area contributed by atoms with Crippen LogP contribution in [0.25, 0.3) is 0 Å². The van der Waals surface area contributed by atoms with Gasteiger partial charge in [-0.05, 0) is 31.6 Å². The molecular formula is C11H19NO4S.